The fourth-order valence-electron chi connectivity index (χ4n) is 1.61. The Labute approximate surface area is 82.4 Å². The van der Waals surface area contributed by atoms with Gasteiger partial charge in [0.15, 0.2) is 5.82 Å². The molecule has 74 valence electrons. The zero-order valence-corrected chi connectivity index (χ0v) is 8.58. The van der Waals surface area contributed by atoms with Crippen molar-refractivity contribution >= 4 is 5.52 Å². The summed E-state index contributed by atoms with van der Waals surface area (Å²) in [6.45, 7) is 6.19. The summed E-state index contributed by atoms with van der Waals surface area (Å²) in [7, 11) is 0. The maximum absolute atomic E-state index is 13.5. The summed E-state index contributed by atoms with van der Waals surface area (Å²) in [6, 6.07) is 3.83. The first-order chi connectivity index (χ1) is 6.50. The van der Waals surface area contributed by atoms with Crippen LogP contribution in [0, 0.1) is 5.82 Å². The van der Waals surface area contributed by atoms with Gasteiger partial charge in [0.1, 0.15) is 5.52 Å². The number of rotatable bonds is 0. The molecule has 0 aliphatic carbocycles. The van der Waals surface area contributed by atoms with Crippen LogP contribution in [-0.4, -0.2) is 9.61 Å². The summed E-state index contributed by atoms with van der Waals surface area (Å²) in [5, 5.41) is 3.93. The van der Waals surface area contributed by atoms with E-state index in [9.17, 15) is 4.39 Å². The molecule has 0 bridgehead atoms. The quantitative estimate of drug-likeness (QED) is 0.627. The highest BCUT2D eigenvalue weighted by atomic mass is 19.1. The average molecular weight is 192 g/mol. The molecule has 2 aromatic rings. The van der Waals surface area contributed by atoms with Gasteiger partial charge in [-0.05, 0) is 17.0 Å². The minimum absolute atomic E-state index is 0.0661. The molecule has 0 amide bonds. The van der Waals surface area contributed by atoms with Crippen LogP contribution in [0.4, 0.5) is 4.39 Å². The van der Waals surface area contributed by atoms with Gasteiger partial charge in [-0.3, -0.25) is 0 Å². The van der Waals surface area contributed by atoms with Gasteiger partial charge in [-0.1, -0.05) is 26.8 Å². The number of hydrogen-bond acceptors (Lipinski definition) is 1. The lowest BCUT2D eigenvalue weighted by molar-refractivity contribution is 0.583. The number of halogens is 1. The highest BCUT2D eigenvalue weighted by Crippen LogP contribution is 2.27. The lowest BCUT2D eigenvalue weighted by Crippen LogP contribution is -2.13. The van der Waals surface area contributed by atoms with Crippen LogP contribution in [0.15, 0.2) is 24.5 Å². The standard InChI is InChI=1S/C11H13FN2/c1-11(2,3)8-5-4-6-14-10(8)9(12)7-13-14/h4-7H,1-3H3. The number of nitrogens with zero attached hydrogens (tertiary/aromatic N) is 2. The zero-order chi connectivity index (χ0) is 10.3. The van der Waals surface area contributed by atoms with Crippen molar-refractivity contribution in [1.82, 2.24) is 9.61 Å². The van der Waals surface area contributed by atoms with Crippen molar-refractivity contribution in [1.29, 1.82) is 0 Å². The van der Waals surface area contributed by atoms with Crippen LogP contribution in [0.5, 0.6) is 0 Å². The predicted octanol–water partition coefficient (Wildman–Crippen LogP) is 2.77. The van der Waals surface area contributed by atoms with Gasteiger partial charge in [0.2, 0.25) is 0 Å². The molecule has 0 saturated heterocycles. The van der Waals surface area contributed by atoms with Gasteiger partial charge in [0.25, 0.3) is 0 Å². The Hall–Kier alpha value is -1.38. The molecule has 0 saturated carbocycles. The van der Waals surface area contributed by atoms with Gasteiger partial charge < -0.3 is 0 Å². The van der Waals surface area contributed by atoms with Crippen LogP contribution in [0.25, 0.3) is 5.52 Å². The number of aromatic nitrogens is 2. The van der Waals surface area contributed by atoms with Crippen molar-refractivity contribution in [3.63, 3.8) is 0 Å². The number of pyridine rings is 1. The van der Waals surface area contributed by atoms with E-state index in [1.807, 2.05) is 12.1 Å². The van der Waals surface area contributed by atoms with Crippen molar-refractivity contribution in [3.05, 3.63) is 35.9 Å². The molecule has 3 heteroatoms. The predicted molar refractivity (Wildman–Crippen MR) is 53.9 cm³/mol. The van der Waals surface area contributed by atoms with E-state index in [0.29, 0.717) is 5.52 Å². The molecule has 14 heavy (non-hydrogen) atoms. The Morgan fingerprint density at radius 2 is 2.07 bits per heavy atom. The van der Waals surface area contributed by atoms with Crippen molar-refractivity contribution in [2.75, 3.05) is 0 Å². The normalized spacial score (nSPS) is 12.3. The second-order valence-electron chi connectivity index (χ2n) is 4.46. The summed E-state index contributed by atoms with van der Waals surface area (Å²) < 4.78 is 15.0. The minimum atomic E-state index is -0.254. The summed E-state index contributed by atoms with van der Waals surface area (Å²) in [5.41, 5.74) is 1.50. The molecule has 0 aliphatic rings. The van der Waals surface area contributed by atoms with E-state index in [1.54, 1.807) is 10.7 Å². The maximum atomic E-state index is 13.5. The van der Waals surface area contributed by atoms with Gasteiger partial charge >= 0.3 is 0 Å². The first-order valence-corrected chi connectivity index (χ1v) is 4.62. The van der Waals surface area contributed by atoms with Crippen molar-refractivity contribution in [2.45, 2.75) is 26.2 Å². The highest BCUT2D eigenvalue weighted by molar-refractivity contribution is 5.57. The molecule has 2 rings (SSSR count). The number of hydrogen-bond donors (Lipinski definition) is 0. The molecule has 0 spiro atoms. The second-order valence-corrected chi connectivity index (χ2v) is 4.46. The molecular weight excluding hydrogens is 179 g/mol. The van der Waals surface area contributed by atoms with Crippen LogP contribution >= 0.6 is 0 Å². The molecule has 0 unspecified atom stereocenters. The third-order valence-corrected chi connectivity index (χ3v) is 2.30. The van der Waals surface area contributed by atoms with Crippen LogP contribution in [0.3, 0.4) is 0 Å². The van der Waals surface area contributed by atoms with Crippen LogP contribution in [0.1, 0.15) is 26.3 Å². The Kier molecular flexibility index (Phi) is 1.84. The van der Waals surface area contributed by atoms with Gasteiger partial charge in [-0.25, -0.2) is 8.91 Å². The molecule has 0 aliphatic heterocycles. The molecule has 2 heterocycles. The van der Waals surface area contributed by atoms with Crippen LogP contribution in [0.2, 0.25) is 0 Å². The fourth-order valence-corrected chi connectivity index (χ4v) is 1.61. The first-order valence-electron chi connectivity index (χ1n) is 4.62. The van der Waals surface area contributed by atoms with E-state index >= 15 is 0 Å². The Balaban J connectivity index is 2.82. The van der Waals surface area contributed by atoms with Gasteiger partial charge in [-0.2, -0.15) is 5.10 Å². The number of fused-ring (bicyclic) bond motifs is 1. The Morgan fingerprint density at radius 1 is 1.36 bits per heavy atom. The van der Waals surface area contributed by atoms with E-state index in [1.165, 1.54) is 6.20 Å². The second kappa shape index (κ2) is 2.80. The van der Waals surface area contributed by atoms with E-state index in [2.05, 4.69) is 25.9 Å². The molecular formula is C11H13FN2. The molecule has 0 N–H and O–H groups in total. The lowest BCUT2D eigenvalue weighted by atomic mass is 9.87. The molecule has 0 radical (unpaired) electrons. The van der Waals surface area contributed by atoms with Gasteiger partial charge in [-0.15, -0.1) is 0 Å². The van der Waals surface area contributed by atoms with Crippen LogP contribution in [-0.2, 0) is 5.41 Å². The van der Waals surface area contributed by atoms with Gasteiger partial charge in [0.05, 0.1) is 6.20 Å². The average Bonchev–Trinajstić information content (AvgIpc) is 2.46. The van der Waals surface area contributed by atoms with E-state index in [4.69, 9.17) is 0 Å². The third-order valence-electron chi connectivity index (χ3n) is 2.30. The van der Waals surface area contributed by atoms with E-state index in [-0.39, 0.29) is 11.2 Å². The summed E-state index contributed by atoms with van der Waals surface area (Å²) in [6.07, 6.45) is 3.01. The van der Waals surface area contributed by atoms with Crippen molar-refractivity contribution in [3.8, 4) is 0 Å². The van der Waals surface area contributed by atoms with Crippen molar-refractivity contribution in [2.24, 2.45) is 0 Å². The molecule has 0 fully saturated rings. The molecule has 0 atom stereocenters. The van der Waals surface area contributed by atoms with E-state index < -0.39 is 0 Å². The topological polar surface area (TPSA) is 17.3 Å². The van der Waals surface area contributed by atoms with Crippen molar-refractivity contribution < 1.29 is 4.39 Å². The SMILES string of the molecule is CC(C)(C)c1cccn2ncc(F)c12. The third kappa shape index (κ3) is 1.29. The Morgan fingerprint density at radius 3 is 2.71 bits per heavy atom. The Bertz CT molecular complexity index is 466. The summed E-state index contributed by atoms with van der Waals surface area (Å²) >= 11 is 0. The van der Waals surface area contributed by atoms with E-state index in [0.717, 1.165) is 5.56 Å². The minimum Gasteiger partial charge on any atom is -0.238 e. The van der Waals surface area contributed by atoms with Crippen LogP contribution < -0.4 is 0 Å². The monoisotopic (exact) mass is 192 g/mol. The maximum Gasteiger partial charge on any atom is 0.169 e. The fraction of sp³-hybridized carbons (Fsp3) is 0.364. The molecule has 2 aromatic heterocycles. The lowest BCUT2D eigenvalue weighted by Gasteiger charge is -2.19. The van der Waals surface area contributed by atoms with Gasteiger partial charge in [0, 0.05) is 6.20 Å². The smallest absolute Gasteiger partial charge is 0.169 e. The summed E-state index contributed by atoms with van der Waals surface area (Å²) in [5.74, 6) is -0.254. The molecule has 2 nitrogen and oxygen atoms in total. The zero-order valence-electron chi connectivity index (χ0n) is 8.58. The largest absolute Gasteiger partial charge is 0.238 e. The molecule has 0 aromatic carbocycles. The first kappa shape index (κ1) is 9.19. The highest BCUT2D eigenvalue weighted by Gasteiger charge is 2.19. The summed E-state index contributed by atoms with van der Waals surface area (Å²) in [4.78, 5) is 0.